The van der Waals surface area contributed by atoms with Crippen LogP contribution in [0.25, 0.3) is 0 Å². The van der Waals surface area contributed by atoms with Crippen molar-refractivity contribution in [2.75, 3.05) is 5.75 Å². The van der Waals surface area contributed by atoms with Gasteiger partial charge < -0.3 is 5.73 Å². The van der Waals surface area contributed by atoms with Gasteiger partial charge in [0.05, 0.1) is 5.02 Å². The molecule has 1 atom stereocenters. The first-order valence-electron chi connectivity index (χ1n) is 6.31. The van der Waals surface area contributed by atoms with Gasteiger partial charge in [0.25, 0.3) is 0 Å². The van der Waals surface area contributed by atoms with Crippen molar-refractivity contribution in [1.29, 1.82) is 0 Å². The fraction of sp³-hybridized carbons (Fsp3) is 0.571. The third-order valence-corrected chi connectivity index (χ3v) is 4.28. The highest BCUT2D eigenvalue weighted by atomic mass is 35.5. The Balaban J connectivity index is 2.66. The smallest absolute Gasteiger partial charge is 0.0544 e. The second-order valence-electron chi connectivity index (χ2n) is 4.47. The van der Waals surface area contributed by atoms with E-state index in [2.05, 4.69) is 13.0 Å². The molecule has 0 saturated carbocycles. The number of unbranched alkanes of at least 4 members (excludes halogenated alkanes) is 2. The molecule has 17 heavy (non-hydrogen) atoms. The van der Waals surface area contributed by atoms with Crippen molar-refractivity contribution in [1.82, 2.24) is 0 Å². The summed E-state index contributed by atoms with van der Waals surface area (Å²) in [7, 11) is 0. The number of halogens is 1. The first kappa shape index (κ1) is 14.9. The minimum absolute atomic E-state index is 0.184. The maximum absolute atomic E-state index is 6.26. The van der Waals surface area contributed by atoms with Crippen LogP contribution < -0.4 is 5.73 Å². The molecule has 0 amide bonds. The zero-order valence-electron chi connectivity index (χ0n) is 10.7. The molecule has 0 aliphatic carbocycles. The lowest BCUT2D eigenvalue weighted by Gasteiger charge is -2.12. The molecule has 1 aromatic carbocycles. The van der Waals surface area contributed by atoms with E-state index in [1.807, 2.05) is 30.8 Å². The first-order chi connectivity index (χ1) is 8.15. The highest BCUT2D eigenvalue weighted by Crippen LogP contribution is 2.32. The lowest BCUT2D eigenvalue weighted by atomic mass is 10.1. The van der Waals surface area contributed by atoms with Crippen molar-refractivity contribution in [3.63, 3.8) is 0 Å². The topological polar surface area (TPSA) is 26.0 Å². The zero-order chi connectivity index (χ0) is 12.7. The van der Waals surface area contributed by atoms with Crippen LogP contribution in [0.15, 0.2) is 23.1 Å². The molecule has 0 spiro atoms. The largest absolute Gasteiger partial charge is 0.328 e. The molecule has 0 heterocycles. The van der Waals surface area contributed by atoms with E-state index in [9.17, 15) is 0 Å². The van der Waals surface area contributed by atoms with Gasteiger partial charge in [0.2, 0.25) is 0 Å². The van der Waals surface area contributed by atoms with Gasteiger partial charge in [-0.25, -0.2) is 0 Å². The standard InChI is InChI=1S/C14H22ClNS/c1-3-4-5-9-17-14-12(10-11(2)16)7-6-8-13(14)15/h6-8,11H,3-5,9-10,16H2,1-2H3. The number of benzene rings is 1. The van der Waals surface area contributed by atoms with Gasteiger partial charge in [0.1, 0.15) is 0 Å². The average Bonchev–Trinajstić information content (AvgIpc) is 2.26. The van der Waals surface area contributed by atoms with Gasteiger partial charge >= 0.3 is 0 Å². The summed E-state index contributed by atoms with van der Waals surface area (Å²) < 4.78 is 0. The normalized spacial score (nSPS) is 12.7. The highest BCUT2D eigenvalue weighted by Gasteiger charge is 2.09. The first-order valence-corrected chi connectivity index (χ1v) is 7.67. The van der Waals surface area contributed by atoms with Crippen molar-refractivity contribution in [2.45, 2.75) is 50.5 Å². The fourth-order valence-corrected chi connectivity index (χ4v) is 3.20. The van der Waals surface area contributed by atoms with Crippen LogP contribution in [0.5, 0.6) is 0 Å². The Kier molecular flexibility index (Phi) is 7.02. The summed E-state index contributed by atoms with van der Waals surface area (Å²) in [4.78, 5) is 1.22. The van der Waals surface area contributed by atoms with Gasteiger partial charge in [0.15, 0.2) is 0 Å². The zero-order valence-corrected chi connectivity index (χ0v) is 12.3. The highest BCUT2D eigenvalue weighted by molar-refractivity contribution is 7.99. The van der Waals surface area contributed by atoms with E-state index in [1.165, 1.54) is 29.7 Å². The van der Waals surface area contributed by atoms with E-state index in [4.69, 9.17) is 17.3 Å². The molecule has 0 fully saturated rings. The van der Waals surface area contributed by atoms with Crippen molar-refractivity contribution in [3.05, 3.63) is 28.8 Å². The molecule has 0 bridgehead atoms. The molecular weight excluding hydrogens is 250 g/mol. The molecule has 1 aromatic rings. The van der Waals surface area contributed by atoms with Gasteiger partial charge in [0, 0.05) is 10.9 Å². The molecule has 2 N–H and O–H groups in total. The fourth-order valence-electron chi connectivity index (χ4n) is 1.75. The van der Waals surface area contributed by atoms with Crippen molar-refractivity contribution in [2.24, 2.45) is 5.73 Å². The number of thioether (sulfide) groups is 1. The second kappa shape index (κ2) is 8.02. The number of rotatable bonds is 7. The number of nitrogens with two attached hydrogens (primary N) is 1. The van der Waals surface area contributed by atoms with Gasteiger partial charge in [-0.1, -0.05) is 43.5 Å². The van der Waals surface area contributed by atoms with E-state index < -0.39 is 0 Å². The average molecular weight is 272 g/mol. The number of hydrogen-bond donors (Lipinski definition) is 1. The van der Waals surface area contributed by atoms with Crippen LogP contribution in [-0.4, -0.2) is 11.8 Å². The van der Waals surface area contributed by atoms with E-state index >= 15 is 0 Å². The van der Waals surface area contributed by atoms with E-state index in [0.717, 1.165) is 17.2 Å². The van der Waals surface area contributed by atoms with Crippen LogP contribution in [0.2, 0.25) is 5.02 Å². The quantitative estimate of drug-likeness (QED) is 0.583. The van der Waals surface area contributed by atoms with Crippen LogP contribution in [-0.2, 0) is 6.42 Å². The van der Waals surface area contributed by atoms with Crippen molar-refractivity contribution in [3.8, 4) is 0 Å². The lowest BCUT2D eigenvalue weighted by Crippen LogP contribution is -2.18. The Labute approximate surface area is 114 Å². The van der Waals surface area contributed by atoms with Gasteiger partial charge in [-0.3, -0.25) is 0 Å². The second-order valence-corrected chi connectivity index (χ2v) is 5.98. The summed E-state index contributed by atoms with van der Waals surface area (Å²) in [6.07, 6.45) is 4.70. The van der Waals surface area contributed by atoms with E-state index in [-0.39, 0.29) is 6.04 Å². The molecule has 96 valence electrons. The van der Waals surface area contributed by atoms with Gasteiger partial charge in [-0.05, 0) is 37.1 Å². The Morgan fingerprint density at radius 1 is 1.35 bits per heavy atom. The van der Waals surface area contributed by atoms with E-state index in [1.54, 1.807) is 0 Å². The molecule has 0 aliphatic rings. The molecule has 0 saturated heterocycles. The van der Waals surface area contributed by atoms with Crippen LogP contribution in [0.4, 0.5) is 0 Å². The molecule has 3 heteroatoms. The third kappa shape index (κ3) is 5.33. The third-order valence-electron chi connectivity index (χ3n) is 2.58. The molecular formula is C14H22ClNS. The molecule has 1 rings (SSSR count). The molecule has 0 radical (unpaired) electrons. The molecule has 0 aromatic heterocycles. The summed E-state index contributed by atoms with van der Waals surface area (Å²) in [6.45, 7) is 4.26. The summed E-state index contributed by atoms with van der Waals surface area (Å²) >= 11 is 8.13. The predicted octanol–water partition coefficient (Wildman–Crippen LogP) is 4.51. The van der Waals surface area contributed by atoms with Gasteiger partial charge in [-0.15, -0.1) is 11.8 Å². The Morgan fingerprint density at radius 3 is 2.76 bits per heavy atom. The summed E-state index contributed by atoms with van der Waals surface area (Å²) in [5.74, 6) is 1.14. The minimum Gasteiger partial charge on any atom is -0.328 e. The van der Waals surface area contributed by atoms with Gasteiger partial charge in [-0.2, -0.15) is 0 Å². The summed E-state index contributed by atoms with van der Waals surface area (Å²) in [5, 5.41) is 0.865. The van der Waals surface area contributed by atoms with Crippen molar-refractivity contribution < 1.29 is 0 Å². The Hall–Kier alpha value is -0.180. The number of hydrogen-bond acceptors (Lipinski definition) is 2. The predicted molar refractivity (Wildman–Crippen MR) is 79.1 cm³/mol. The maximum Gasteiger partial charge on any atom is 0.0544 e. The molecule has 0 aliphatic heterocycles. The minimum atomic E-state index is 0.184. The summed E-state index contributed by atoms with van der Waals surface area (Å²) in [6, 6.07) is 6.30. The van der Waals surface area contributed by atoms with Crippen LogP contribution in [0.1, 0.15) is 38.7 Å². The Morgan fingerprint density at radius 2 is 2.12 bits per heavy atom. The monoisotopic (exact) mass is 271 g/mol. The van der Waals surface area contributed by atoms with Crippen LogP contribution in [0.3, 0.4) is 0 Å². The SMILES string of the molecule is CCCCCSc1c(Cl)cccc1CC(C)N. The maximum atomic E-state index is 6.26. The summed E-state index contributed by atoms with van der Waals surface area (Å²) in [5.41, 5.74) is 7.15. The van der Waals surface area contributed by atoms with Crippen LogP contribution >= 0.6 is 23.4 Å². The van der Waals surface area contributed by atoms with E-state index in [0.29, 0.717) is 0 Å². The molecule has 1 nitrogen and oxygen atoms in total. The Bertz CT molecular complexity index is 339. The van der Waals surface area contributed by atoms with Crippen molar-refractivity contribution >= 4 is 23.4 Å². The van der Waals surface area contributed by atoms with Crippen LogP contribution in [0, 0.1) is 0 Å². The molecule has 1 unspecified atom stereocenters. The lowest BCUT2D eigenvalue weighted by molar-refractivity contribution is 0.729.